The molecule has 2 aromatic rings. The van der Waals surface area contributed by atoms with Crippen LogP contribution in [-0.2, 0) is 20.0 Å². The van der Waals surface area contributed by atoms with E-state index in [2.05, 4.69) is 4.98 Å². The van der Waals surface area contributed by atoms with Gasteiger partial charge < -0.3 is 30.5 Å². The summed E-state index contributed by atoms with van der Waals surface area (Å²) in [6.45, 7) is 11.9. The van der Waals surface area contributed by atoms with Crippen LogP contribution in [0.15, 0.2) is 24.4 Å². The first-order chi connectivity index (χ1) is 17.2. The molecule has 8 nitrogen and oxygen atoms in total. The number of nitrogens with two attached hydrogens (primary N) is 1. The molecule has 1 heterocycles. The van der Waals surface area contributed by atoms with E-state index < -0.39 is 5.72 Å². The first-order valence-corrected chi connectivity index (χ1v) is 13.9. The molecule has 0 radical (unpaired) electrons. The summed E-state index contributed by atoms with van der Waals surface area (Å²) in [5.74, 6) is 1.06. The number of thiazole rings is 1. The van der Waals surface area contributed by atoms with Crippen molar-refractivity contribution in [3.05, 3.63) is 35.0 Å². The van der Waals surface area contributed by atoms with Crippen molar-refractivity contribution >= 4 is 17.3 Å². The Balaban J connectivity index is 0. The summed E-state index contributed by atoms with van der Waals surface area (Å²) in [6, 6.07) is 5.54. The Hall–Kier alpha value is -0.404. The Morgan fingerprint density at radius 3 is 2.34 bits per heavy atom. The van der Waals surface area contributed by atoms with Crippen LogP contribution in [0.5, 0.6) is 5.75 Å². The molecule has 1 aromatic carbocycles. The summed E-state index contributed by atoms with van der Waals surface area (Å²) in [5, 5.41) is 13.7. The minimum absolute atomic E-state index is 0. The largest absolute Gasteiger partial charge is 1.00 e. The number of hydrogen-bond acceptors (Lipinski definition) is 8. The minimum atomic E-state index is -1.70. The SMILES string of the molecule is CC.CCC(=O)OC(C)C.COCCOc1ccc(-c2cnc(C3CCCCC3)s2)c(C(C)(N)[O-])c1.O.[K+]. The van der Waals surface area contributed by atoms with Gasteiger partial charge in [-0.3, -0.25) is 4.79 Å². The molecule has 1 saturated carbocycles. The van der Waals surface area contributed by atoms with Crippen LogP contribution in [-0.4, -0.2) is 42.9 Å². The van der Waals surface area contributed by atoms with Crippen LogP contribution >= 0.6 is 11.3 Å². The van der Waals surface area contributed by atoms with Crippen LogP contribution in [0.2, 0.25) is 0 Å². The number of rotatable bonds is 9. The van der Waals surface area contributed by atoms with E-state index in [9.17, 15) is 9.90 Å². The smallest absolute Gasteiger partial charge is 0.835 e. The molecule has 38 heavy (non-hydrogen) atoms. The zero-order chi connectivity index (χ0) is 27.1. The van der Waals surface area contributed by atoms with Crippen LogP contribution in [0.25, 0.3) is 10.4 Å². The van der Waals surface area contributed by atoms with Gasteiger partial charge in [0, 0.05) is 25.6 Å². The molecular formula is C28H47KN2O6S. The number of hydrogen-bond donors (Lipinski definition) is 1. The molecule has 1 fully saturated rings. The average Bonchev–Trinajstić information content (AvgIpc) is 3.36. The summed E-state index contributed by atoms with van der Waals surface area (Å²) < 4.78 is 15.4. The molecule has 1 aliphatic rings. The van der Waals surface area contributed by atoms with Gasteiger partial charge in [-0.1, -0.05) is 47.0 Å². The number of aromatic nitrogens is 1. The molecule has 10 heteroatoms. The van der Waals surface area contributed by atoms with Gasteiger partial charge in [-0.2, -0.15) is 0 Å². The van der Waals surface area contributed by atoms with E-state index in [1.165, 1.54) is 44.0 Å². The number of methoxy groups -OCH3 is 1. The van der Waals surface area contributed by atoms with E-state index >= 15 is 0 Å². The number of nitrogens with zero attached hydrogens (tertiary/aromatic N) is 1. The molecular weight excluding hydrogens is 531 g/mol. The summed E-state index contributed by atoms with van der Waals surface area (Å²) in [4.78, 5) is 16.0. The Morgan fingerprint density at radius 2 is 1.84 bits per heavy atom. The standard InChI is InChI=1S/C20H27N2O3S.C6H12O2.C2H6.K.H2O/c1-20(21,23)17-12-15(25-11-10-24-2)8-9-16(17)18-13-22-19(26-18)14-6-4-3-5-7-14;1-4-6(7)8-5(2)3;1-2;;/h8-9,12-14H,3-7,10-11,21H2,1-2H3;5H,4H2,1-3H3;1-2H3;;1H2/q-1;;;+1;. The fourth-order valence-electron chi connectivity index (χ4n) is 3.78. The van der Waals surface area contributed by atoms with Gasteiger partial charge in [-0.05, 0) is 61.7 Å². The van der Waals surface area contributed by atoms with Gasteiger partial charge in [0.1, 0.15) is 12.4 Å². The number of carbonyl (C=O) groups is 1. The Kier molecular flexibility index (Phi) is 22.3. The van der Waals surface area contributed by atoms with Crippen molar-refractivity contribution in [3.8, 4) is 16.2 Å². The number of carbonyl (C=O) groups excluding carboxylic acids is 1. The summed E-state index contributed by atoms with van der Waals surface area (Å²) in [5.41, 5.74) is 5.60. The third kappa shape index (κ3) is 14.3. The second-order valence-electron chi connectivity index (χ2n) is 8.95. The maximum atomic E-state index is 12.6. The van der Waals surface area contributed by atoms with Crippen molar-refractivity contribution in [1.82, 2.24) is 4.98 Å². The molecule has 3 rings (SSSR count). The second kappa shape index (κ2) is 21.4. The van der Waals surface area contributed by atoms with Crippen LogP contribution in [0.3, 0.4) is 0 Å². The van der Waals surface area contributed by atoms with Gasteiger partial charge in [0.2, 0.25) is 0 Å². The topological polar surface area (TPSA) is 138 Å². The van der Waals surface area contributed by atoms with E-state index in [1.807, 2.05) is 46.0 Å². The van der Waals surface area contributed by atoms with Crippen molar-refractivity contribution in [2.24, 2.45) is 5.73 Å². The minimum Gasteiger partial charge on any atom is -0.835 e. The van der Waals surface area contributed by atoms with E-state index in [0.717, 1.165) is 10.4 Å². The van der Waals surface area contributed by atoms with Crippen molar-refractivity contribution < 1.29 is 81.0 Å². The molecule has 1 aliphatic carbocycles. The maximum Gasteiger partial charge on any atom is 1.00 e. The number of benzene rings is 1. The molecule has 0 bridgehead atoms. The van der Waals surface area contributed by atoms with E-state index in [1.54, 1.807) is 31.4 Å². The Labute approximate surface area is 275 Å². The Morgan fingerprint density at radius 1 is 1.21 bits per heavy atom. The van der Waals surface area contributed by atoms with Crippen molar-refractivity contribution in [2.75, 3.05) is 20.3 Å². The average molecular weight is 579 g/mol. The molecule has 0 aliphatic heterocycles. The Bertz CT molecular complexity index is 896. The maximum absolute atomic E-state index is 12.6. The first-order valence-electron chi connectivity index (χ1n) is 13.1. The van der Waals surface area contributed by atoms with Gasteiger partial charge in [0.05, 0.1) is 22.6 Å². The predicted octanol–water partition coefficient (Wildman–Crippen LogP) is 1.93. The van der Waals surface area contributed by atoms with Gasteiger partial charge in [0.25, 0.3) is 0 Å². The van der Waals surface area contributed by atoms with Gasteiger partial charge >= 0.3 is 57.4 Å². The van der Waals surface area contributed by atoms with Gasteiger partial charge in [-0.15, -0.1) is 11.3 Å². The summed E-state index contributed by atoms with van der Waals surface area (Å²) in [7, 11) is 1.63. The van der Waals surface area contributed by atoms with Crippen LogP contribution in [0.4, 0.5) is 0 Å². The van der Waals surface area contributed by atoms with E-state index in [4.69, 9.17) is 19.9 Å². The quantitative estimate of drug-likeness (QED) is 0.208. The molecule has 1 unspecified atom stereocenters. The van der Waals surface area contributed by atoms with Gasteiger partial charge in [0.15, 0.2) is 0 Å². The number of esters is 1. The fraction of sp³-hybridized carbons (Fsp3) is 0.643. The zero-order valence-electron chi connectivity index (χ0n) is 24.6. The molecule has 212 valence electrons. The third-order valence-corrected chi connectivity index (χ3v) is 6.67. The summed E-state index contributed by atoms with van der Waals surface area (Å²) in [6.07, 6.45) is 8.68. The van der Waals surface area contributed by atoms with Crippen molar-refractivity contribution in [2.45, 2.75) is 97.8 Å². The van der Waals surface area contributed by atoms with E-state index in [0.29, 0.717) is 36.9 Å². The molecule has 0 amide bonds. The normalized spacial score (nSPS) is 14.4. The molecule has 0 spiro atoms. The molecule has 1 aromatic heterocycles. The third-order valence-electron chi connectivity index (χ3n) is 5.48. The monoisotopic (exact) mass is 578 g/mol. The van der Waals surface area contributed by atoms with Crippen molar-refractivity contribution in [3.63, 3.8) is 0 Å². The van der Waals surface area contributed by atoms with Crippen LogP contribution in [0.1, 0.15) is 96.6 Å². The predicted molar refractivity (Wildman–Crippen MR) is 149 cm³/mol. The van der Waals surface area contributed by atoms with Crippen LogP contribution in [0, 0.1) is 0 Å². The van der Waals surface area contributed by atoms with Gasteiger partial charge in [-0.25, -0.2) is 4.98 Å². The summed E-state index contributed by atoms with van der Waals surface area (Å²) >= 11 is 1.68. The van der Waals surface area contributed by atoms with Crippen molar-refractivity contribution in [1.29, 1.82) is 0 Å². The second-order valence-corrected chi connectivity index (χ2v) is 10.0. The molecule has 1 atom stereocenters. The fourth-order valence-corrected chi connectivity index (χ4v) is 4.90. The molecule has 0 saturated heterocycles. The first kappa shape index (κ1) is 39.7. The number of ether oxygens (including phenoxy) is 3. The van der Waals surface area contributed by atoms with Crippen LogP contribution < -0.4 is 67.0 Å². The molecule has 4 N–H and O–H groups in total. The zero-order valence-corrected chi connectivity index (χ0v) is 28.5. The van der Waals surface area contributed by atoms with E-state index in [-0.39, 0.29) is 68.9 Å².